The number of benzene rings is 2. The lowest BCUT2D eigenvalue weighted by molar-refractivity contribution is -0.263. The Balaban J connectivity index is 2.37. The zero-order valence-corrected chi connectivity index (χ0v) is 15.8. The van der Waals surface area contributed by atoms with Crippen LogP contribution in [-0.4, -0.2) is 33.4 Å². The number of ether oxygens (including phenoxy) is 1. The maximum atomic E-state index is 13.5. The molecule has 0 aliphatic heterocycles. The summed E-state index contributed by atoms with van der Waals surface area (Å²) in [6.07, 6.45) is -5.08. The number of sulfonamides is 1. The molecule has 0 aliphatic rings. The third-order valence-corrected chi connectivity index (χ3v) is 5.57. The average Bonchev–Trinajstić information content (AvgIpc) is 2.59. The number of alkyl halides is 3. The lowest BCUT2D eigenvalue weighted by Gasteiger charge is -2.31. The van der Waals surface area contributed by atoms with Crippen LogP contribution in [0.25, 0.3) is 0 Å². The quantitative estimate of drug-likeness (QED) is 0.778. The minimum Gasteiger partial charge on any atom is -0.496 e. The molecule has 27 heavy (non-hydrogen) atoms. The van der Waals surface area contributed by atoms with E-state index < -0.39 is 33.9 Å². The summed E-state index contributed by atoms with van der Waals surface area (Å²) in [5, 5.41) is 10.2. The molecule has 0 heterocycles. The van der Waals surface area contributed by atoms with Crippen LogP contribution >= 0.6 is 0 Å². The molecule has 2 rings (SSSR count). The van der Waals surface area contributed by atoms with Crippen molar-refractivity contribution >= 4 is 10.0 Å². The van der Waals surface area contributed by atoms with Crippen molar-refractivity contribution in [3.05, 3.63) is 59.2 Å². The topological polar surface area (TPSA) is 75.6 Å². The van der Waals surface area contributed by atoms with Gasteiger partial charge in [-0.05, 0) is 42.7 Å². The first-order valence-electron chi connectivity index (χ1n) is 7.92. The van der Waals surface area contributed by atoms with E-state index >= 15 is 0 Å². The molecule has 9 heteroatoms. The van der Waals surface area contributed by atoms with Gasteiger partial charge in [0.15, 0.2) is 5.60 Å². The van der Waals surface area contributed by atoms with Crippen LogP contribution in [0.4, 0.5) is 13.2 Å². The molecule has 148 valence electrons. The Hall–Kier alpha value is -2.10. The molecule has 2 N–H and O–H groups in total. The van der Waals surface area contributed by atoms with E-state index in [2.05, 4.69) is 0 Å². The molecule has 0 aliphatic carbocycles. The summed E-state index contributed by atoms with van der Waals surface area (Å²) in [5.74, 6) is 0.491. The van der Waals surface area contributed by atoms with Crippen molar-refractivity contribution in [1.82, 2.24) is 4.72 Å². The molecule has 0 spiro atoms. The van der Waals surface area contributed by atoms with Crippen molar-refractivity contribution in [3.8, 4) is 5.75 Å². The van der Waals surface area contributed by atoms with Gasteiger partial charge < -0.3 is 9.84 Å². The van der Waals surface area contributed by atoms with E-state index in [-0.39, 0.29) is 4.90 Å². The Bertz CT molecular complexity index is 891. The number of aliphatic hydroxyl groups is 1. The van der Waals surface area contributed by atoms with Gasteiger partial charge in [0.25, 0.3) is 0 Å². The van der Waals surface area contributed by atoms with Gasteiger partial charge in [-0.15, -0.1) is 0 Å². The van der Waals surface area contributed by atoms with E-state index in [0.717, 1.165) is 12.1 Å². The van der Waals surface area contributed by atoms with Crippen LogP contribution in [0, 0.1) is 13.8 Å². The van der Waals surface area contributed by atoms with Gasteiger partial charge >= 0.3 is 6.18 Å². The van der Waals surface area contributed by atoms with Crippen molar-refractivity contribution in [2.75, 3.05) is 13.7 Å². The van der Waals surface area contributed by atoms with Gasteiger partial charge in [-0.25, -0.2) is 13.1 Å². The summed E-state index contributed by atoms with van der Waals surface area (Å²) in [4.78, 5) is -0.212. The fourth-order valence-electron chi connectivity index (χ4n) is 2.75. The smallest absolute Gasteiger partial charge is 0.422 e. The number of hydrogen-bond acceptors (Lipinski definition) is 4. The van der Waals surface area contributed by atoms with Gasteiger partial charge in [0.05, 0.1) is 18.6 Å². The first-order chi connectivity index (χ1) is 12.4. The minimum atomic E-state index is -5.08. The van der Waals surface area contributed by atoms with Crippen LogP contribution in [0.1, 0.15) is 16.7 Å². The summed E-state index contributed by atoms with van der Waals surface area (Å²) in [5.41, 5.74) is -2.78. The van der Waals surface area contributed by atoms with E-state index in [0.29, 0.717) is 16.9 Å². The van der Waals surface area contributed by atoms with E-state index in [1.54, 1.807) is 13.8 Å². The second kappa shape index (κ2) is 7.49. The molecule has 0 aromatic heterocycles. The molecular weight excluding hydrogens is 383 g/mol. The van der Waals surface area contributed by atoms with E-state index in [1.807, 2.05) is 4.72 Å². The minimum absolute atomic E-state index is 0.212. The van der Waals surface area contributed by atoms with E-state index in [9.17, 15) is 26.7 Å². The maximum Gasteiger partial charge on any atom is 0.422 e. The molecule has 0 bridgehead atoms. The third-order valence-electron chi connectivity index (χ3n) is 4.19. The van der Waals surface area contributed by atoms with Crippen LogP contribution in [-0.2, 0) is 15.6 Å². The lowest BCUT2D eigenvalue weighted by Crippen LogP contribution is -2.51. The van der Waals surface area contributed by atoms with Gasteiger partial charge in [0, 0.05) is 0 Å². The average molecular weight is 403 g/mol. The Morgan fingerprint density at radius 1 is 1.07 bits per heavy atom. The molecule has 0 fully saturated rings. The largest absolute Gasteiger partial charge is 0.496 e. The monoisotopic (exact) mass is 403 g/mol. The number of halogens is 3. The molecule has 2 aromatic rings. The Morgan fingerprint density at radius 3 is 2.04 bits per heavy atom. The molecule has 0 saturated carbocycles. The van der Waals surface area contributed by atoms with Crippen molar-refractivity contribution in [1.29, 1.82) is 0 Å². The van der Waals surface area contributed by atoms with Gasteiger partial charge in [0.1, 0.15) is 5.75 Å². The van der Waals surface area contributed by atoms with Crippen LogP contribution in [0.5, 0.6) is 5.75 Å². The van der Waals surface area contributed by atoms with Gasteiger partial charge in [-0.2, -0.15) is 13.2 Å². The standard InChI is InChI=1S/C18H20F3NO4S/c1-12-9-15(10-13(2)16(12)26-3)27(24,25)22-11-17(23,18(19,20)21)14-7-5-4-6-8-14/h4-10,22-23H,11H2,1-3H3. The van der Waals surface area contributed by atoms with E-state index in [4.69, 9.17) is 4.74 Å². The second-order valence-corrected chi connectivity index (χ2v) is 7.91. The summed E-state index contributed by atoms with van der Waals surface area (Å²) >= 11 is 0. The van der Waals surface area contributed by atoms with Gasteiger partial charge in [-0.1, -0.05) is 30.3 Å². The molecular formula is C18H20F3NO4S. The molecule has 2 aromatic carbocycles. The summed E-state index contributed by atoms with van der Waals surface area (Å²) < 4.78 is 72.5. The molecule has 0 radical (unpaired) electrons. The van der Waals surface area contributed by atoms with Crippen molar-refractivity contribution in [2.24, 2.45) is 0 Å². The summed E-state index contributed by atoms with van der Waals surface area (Å²) in [6, 6.07) is 8.92. The molecule has 0 saturated heterocycles. The number of hydrogen-bond donors (Lipinski definition) is 2. The van der Waals surface area contributed by atoms with Crippen LogP contribution in [0.2, 0.25) is 0 Å². The predicted molar refractivity (Wildman–Crippen MR) is 94.1 cm³/mol. The van der Waals surface area contributed by atoms with Crippen molar-refractivity contribution < 1.29 is 31.4 Å². The third kappa shape index (κ3) is 4.26. The molecule has 1 atom stereocenters. The fraction of sp³-hybridized carbons (Fsp3) is 0.333. The number of nitrogens with one attached hydrogen (secondary N) is 1. The highest BCUT2D eigenvalue weighted by Gasteiger charge is 2.55. The first kappa shape index (κ1) is 21.2. The summed E-state index contributed by atoms with van der Waals surface area (Å²) in [6.45, 7) is 1.99. The highest BCUT2D eigenvalue weighted by atomic mass is 32.2. The predicted octanol–water partition coefficient (Wildman–Crippen LogP) is 3.04. The lowest BCUT2D eigenvalue weighted by atomic mass is 9.93. The normalized spacial score (nSPS) is 14.6. The Labute approximate surface area is 155 Å². The Kier molecular flexibility index (Phi) is 5.88. The number of aryl methyl sites for hydroxylation is 2. The second-order valence-electron chi connectivity index (χ2n) is 6.14. The van der Waals surface area contributed by atoms with E-state index in [1.165, 1.54) is 37.4 Å². The number of methoxy groups -OCH3 is 1. The highest BCUT2D eigenvalue weighted by molar-refractivity contribution is 7.89. The maximum absolute atomic E-state index is 13.5. The SMILES string of the molecule is COc1c(C)cc(S(=O)(=O)NCC(O)(c2ccccc2)C(F)(F)F)cc1C. The van der Waals surface area contributed by atoms with Crippen LogP contribution in [0.15, 0.2) is 47.4 Å². The van der Waals surface area contributed by atoms with Crippen LogP contribution in [0.3, 0.4) is 0 Å². The fourth-order valence-corrected chi connectivity index (χ4v) is 3.98. The van der Waals surface area contributed by atoms with Gasteiger partial charge in [0.2, 0.25) is 10.0 Å². The molecule has 1 unspecified atom stereocenters. The molecule has 0 amide bonds. The zero-order valence-electron chi connectivity index (χ0n) is 15.0. The van der Waals surface area contributed by atoms with Crippen molar-refractivity contribution in [3.63, 3.8) is 0 Å². The first-order valence-corrected chi connectivity index (χ1v) is 9.40. The van der Waals surface area contributed by atoms with Crippen molar-refractivity contribution in [2.45, 2.75) is 30.5 Å². The Morgan fingerprint density at radius 2 is 1.59 bits per heavy atom. The highest BCUT2D eigenvalue weighted by Crippen LogP contribution is 2.38. The summed E-state index contributed by atoms with van der Waals surface area (Å²) in [7, 11) is -2.86. The van der Waals surface area contributed by atoms with Crippen LogP contribution < -0.4 is 9.46 Å². The van der Waals surface area contributed by atoms with Gasteiger partial charge in [-0.3, -0.25) is 0 Å². The number of rotatable bonds is 6. The zero-order chi connectivity index (χ0) is 20.5. The molecule has 5 nitrogen and oxygen atoms in total.